The summed E-state index contributed by atoms with van der Waals surface area (Å²) in [6.45, 7) is 1.91. The third kappa shape index (κ3) is 4.87. The molecular formula is C27H27NO5. The zero-order valence-corrected chi connectivity index (χ0v) is 18.4. The SMILES string of the molecule is O=C(c1ccc(C2(O)COC2)cc1)N1CCC(Oc2ccc(Oc3ccccc3)cc2)CC1. The van der Waals surface area contributed by atoms with E-state index in [-0.39, 0.29) is 12.0 Å². The van der Waals surface area contributed by atoms with Crippen LogP contribution in [-0.2, 0) is 10.3 Å². The molecule has 6 heteroatoms. The van der Waals surface area contributed by atoms with E-state index < -0.39 is 5.60 Å². The van der Waals surface area contributed by atoms with Crippen molar-refractivity contribution in [1.29, 1.82) is 0 Å². The molecule has 3 aromatic carbocycles. The van der Waals surface area contributed by atoms with E-state index in [1.54, 1.807) is 12.1 Å². The quantitative estimate of drug-likeness (QED) is 0.610. The lowest BCUT2D eigenvalue weighted by Gasteiger charge is -2.37. The third-order valence-electron chi connectivity index (χ3n) is 6.19. The summed E-state index contributed by atoms with van der Waals surface area (Å²) in [6.07, 6.45) is 1.64. The first-order valence-corrected chi connectivity index (χ1v) is 11.3. The van der Waals surface area contributed by atoms with Crippen molar-refractivity contribution in [2.75, 3.05) is 26.3 Å². The van der Waals surface area contributed by atoms with E-state index in [1.165, 1.54) is 0 Å². The van der Waals surface area contributed by atoms with Crippen molar-refractivity contribution < 1.29 is 24.1 Å². The van der Waals surface area contributed by atoms with E-state index in [0.29, 0.717) is 31.9 Å². The molecule has 0 saturated carbocycles. The van der Waals surface area contributed by atoms with Gasteiger partial charge in [-0.15, -0.1) is 0 Å². The number of piperidine rings is 1. The van der Waals surface area contributed by atoms with Crippen molar-refractivity contribution in [2.24, 2.45) is 0 Å². The Morgan fingerprint density at radius 1 is 0.848 bits per heavy atom. The van der Waals surface area contributed by atoms with Crippen LogP contribution in [0.5, 0.6) is 17.2 Å². The molecule has 2 heterocycles. The second kappa shape index (κ2) is 9.25. The zero-order chi connectivity index (χ0) is 22.7. The maximum absolute atomic E-state index is 12.9. The molecule has 0 radical (unpaired) electrons. The number of ether oxygens (including phenoxy) is 3. The molecular weight excluding hydrogens is 418 g/mol. The molecule has 2 saturated heterocycles. The number of aliphatic hydroxyl groups is 1. The maximum atomic E-state index is 12.9. The molecule has 0 aromatic heterocycles. The first kappa shape index (κ1) is 21.5. The Kier molecular flexibility index (Phi) is 6.03. The predicted molar refractivity (Wildman–Crippen MR) is 124 cm³/mol. The van der Waals surface area contributed by atoms with Crippen molar-refractivity contribution in [3.63, 3.8) is 0 Å². The Balaban J connectivity index is 1.11. The number of hydrogen-bond donors (Lipinski definition) is 1. The molecule has 2 aliphatic heterocycles. The molecule has 0 bridgehead atoms. The van der Waals surface area contributed by atoms with Crippen molar-refractivity contribution in [3.8, 4) is 17.2 Å². The van der Waals surface area contributed by atoms with Gasteiger partial charge in [-0.05, 0) is 54.1 Å². The lowest BCUT2D eigenvalue weighted by Crippen LogP contribution is -2.46. The number of hydrogen-bond acceptors (Lipinski definition) is 5. The molecule has 33 heavy (non-hydrogen) atoms. The van der Waals surface area contributed by atoms with Gasteiger partial charge in [-0.25, -0.2) is 0 Å². The fourth-order valence-corrected chi connectivity index (χ4v) is 4.15. The molecule has 2 fully saturated rings. The van der Waals surface area contributed by atoms with Gasteiger partial charge in [0.25, 0.3) is 5.91 Å². The Morgan fingerprint density at radius 2 is 1.45 bits per heavy atom. The standard InChI is InChI=1S/C27H27NO5/c29-26(20-6-8-21(9-7-20)27(30)18-31-19-27)28-16-14-25(15-17-28)33-24-12-10-23(11-13-24)32-22-4-2-1-3-5-22/h1-13,25,30H,14-19H2. The average Bonchev–Trinajstić information content (AvgIpc) is 2.85. The molecule has 1 amide bonds. The van der Waals surface area contributed by atoms with Gasteiger partial charge in [-0.2, -0.15) is 0 Å². The van der Waals surface area contributed by atoms with Gasteiger partial charge in [0.2, 0.25) is 0 Å². The Labute approximate surface area is 193 Å². The van der Waals surface area contributed by atoms with Gasteiger partial charge in [0.15, 0.2) is 0 Å². The summed E-state index contributed by atoms with van der Waals surface area (Å²) < 4.78 is 17.1. The van der Waals surface area contributed by atoms with Crippen molar-refractivity contribution in [3.05, 3.63) is 90.0 Å². The average molecular weight is 446 g/mol. The molecule has 6 nitrogen and oxygen atoms in total. The summed E-state index contributed by atoms with van der Waals surface area (Å²) >= 11 is 0. The second-order valence-corrected chi connectivity index (χ2v) is 8.60. The molecule has 0 aliphatic carbocycles. The van der Waals surface area contributed by atoms with Crippen LogP contribution in [0.15, 0.2) is 78.9 Å². The third-order valence-corrected chi connectivity index (χ3v) is 6.19. The monoisotopic (exact) mass is 445 g/mol. The van der Waals surface area contributed by atoms with E-state index in [9.17, 15) is 9.90 Å². The highest BCUT2D eigenvalue weighted by Crippen LogP contribution is 2.30. The van der Waals surface area contributed by atoms with Crippen LogP contribution in [0.1, 0.15) is 28.8 Å². The van der Waals surface area contributed by atoms with E-state index in [0.717, 1.165) is 35.7 Å². The van der Waals surface area contributed by atoms with Gasteiger partial charge >= 0.3 is 0 Å². The van der Waals surface area contributed by atoms with Gasteiger partial charge in [0.1, 0.15) is 29.0 Å². The lowest BCUT2D eigenvalue weighted by atomic mass is 9.91. The van der Waals surface area contributed by atoms with Crippen LogP contribution in [0.2, 0.25) is 0 Å². The topological polar surface area (TPSA) is 68.2 Å². The molecule has 170 valence electrons. The van der Waals surface area contributed by atoms with E-state index in [4.69, 9.17) is 14.2 Å². The minimum absolute atomic E-state index is 0.0132. The number of carbonyl (C=O) groups excluding carboxylic acids is 1. The number of benzene rings is 3. The van der Waals surface area contributed by atoms with E-state index in [1.807, 2.05) is 71.6 Å². The first-order chi connectivity index (χ1) is 16.1. The van der Waals surface area contributed by atoms with E-state index in [2.05, 4.69) is 0 Å². The highest BCUT2D eigenvalue weighted by atomic mass is 16.5. The summed E-state index contributed by atoms with van der Waals surface area (Å²) in [6, 6.07) is 24.5. The predicted octanol–water partition coefficient (Wildman–Crippen LogP) is 4.38. The van der Waals surface area contributed by atoms with Crippen LogP contribution < -0.4 is 9.47 Å². The summed E-state index contributed by atoms with van der Waals surface area (Å²) in [5.41, 5.74) is 0.511. The Hall–Kier alpha value is -3.35. The molecule has 0 atom stereocenters. The molecule has 2 aliphatic rings. The Morgan fingerprint density at radius 3 is 2.06 bits per heavy atom. The van der Waals surface area contributed by atoms with Crippen LogP contribution in [0.3, 0.4) is 0 Å². The lowest BCUT2D eigenvalue weighted by molar-refractivity contribution is -0.184. The highest BCUT2D eigenvalue weighted by molar-refractivity contribution is 5.94. The molecule has 1 N–H and O–H groups in total. The van der Waals surface area contributed by atoms with Gasteiger partial charge in [0, 0.05) is 31.5 Å². The van der Waals surface area contributed by atoms with Crippen LogP contribution in [-0.4, -0.2) is 48.3 Å². The van der Waals surface area contributed by atoms with Crippen LogP contribution in [0, 0.1) is 0 Å². The fraction of sp³-hybridized carbons (Fsp3) is 0.296. The molecule has 0 spiro atoms. The van der Waals surface area contributed by atoms with Gasteiger partial charge < -0.3 is 24.2 Å². The minimum Gasteiger partial charge on any atom is -0.490 e. The molecule has 0 unspecified atom stereocenters. The Bertz CT molecular complexity index is 1070. The number of amides is 1. The minimum atomic E-state index is -0.914. The number of rotatable bonds is 6. The van der Waals surface area contributed by atoms with Gasteiger partial charge in [-0.3, -0.25) is 4.79 Å². The molecule has 3 aromatic rings. The summed E-state index contributed by atoms with van der Waals surface area (Å²) in [5.74, 6) is 2.37. The van der Waals surface area contributed by atoms with Crippen LogP contribution in [0.25, 0.3) is 0 Å². The van der Waals surface area contributed by atoms with Crippen molar-refractivity contribution in [1.82, 2.24) is 4.90 Å². The largest absolute Gasteiger partial charge is 0.490 e. The second-order valence-electron chi connectivity index (χ2n) is 8.60. The summed E-state index contributed by atoms with van der Waals surface area (Å²) in [7, 11) is 0. The highest BCUT2D eigenvalue weighted by Gasteiger charge is 2.38. The van der Waals surface area contributed by atoms with E-state index >= 15 is 0 Å². The smallest absolute Gasteiger partial charge is 0.253 e. The number of para-hydroxylation sites is 1. The summed E-state index contributed by atoms with van der Waals surface area (Å²) in [4.78, 5) is 14.7. The first-order valence-electron chi connectivity index (χ1n) is 11.3. The zero-order valence-electron chi connectivity index (χ0n) is 18.4. The normalized spacial score (nSPS) is 17.8. The molecule has 5 rings (SSSR count). The van der Waals surface area contributed by atoms with Crippen LogP contribution >= 0.6 is 0 Å². The van der Waals surface area contributed by atoms with Gasteiger partial charge in [-0.1, -0.05) is 30.3 Å². The van der Waals surface area contributed by atoms with Crippen molar-refractivity contribution in [2.45, 2.75) is 24.5 Å². The van der Waals surface area contributed by atoms with Crippen molar-refractivity contribution >= 4 is 5.91 Å². The maximum Gasteiger partial charge on any atom is 0.253 e. The van der Waals surface area contributed by atoms with Crippen LogP contribution in [0.4, 0.5) is 0 Å². The number of likely N-dealkylation sites (tertiary alicyclic amines) is 1. The summed E-state index contributed by atoms with van der Waals surface area (Å²) in [5, 5.41) is 10.4. The van der Waals surface area contributed by atoms with Gasteiger partial charge in [0.05, 0.1) is 13.2 Å². The fourth-order valence-electron chi connectivity index (χ4n) is 4.15. The number of nitrogens with zero attached hydrogens (tertiary/aromatic N) is 1. The number of carbonyl (C=O) groups is 1.